The molecule has 0 aliphatic rings. The zero-order valence-electron chi connectivity index (χ0n) is 19.2. The second-order valence-corrected chi connectivity index (χ2v) is 8.64. The standard InChI is InChI=1S/C28H25ClN4O/c1-20-6-12-25(13-7-20)33-21(2)26(17-27(33)23-8-10-24(29)11-9-23)28(34)32(16-4-14-30)19-22-5-3-15-31-18-22/h3,5-13,15,17-18H,4,16,19H2,1-2H3. The number of nitriles is 1. The summed E-state index contributed by atoms with van der Waals surface area (Å²) in [6, 6.07) is 23.7. The average Bonchev–Trinajstić information content (AvgIpc) is 3.20. The van der Waals surface area contributed by atoms with Gasteiger partial charge in [0.1, 0.15) is 0 Å². The van der Waals surface area contributed by atoms with Gasteiger partial charge in [0.05, 0.1) is 23.7 Å². The number of carbonyl (C=O) groups excluding carboxylic acids is 1. The van der Waals surface area contributed by atoms with Crippen molar-refractivity contribution in [3.05, 3.63) is 107 Å². The van der Waals surface area contributed by atoms with E-state index >= 15 is 0 Å². The molecule has 0 spiro atoms. The van der Waals surface area contributed by atoms with Crippen LogP contribution in [0.15, 0.2) is 79.1 Å². The van der Waals surface area contributed by atoms with E-state index in [0.29, 0.717) is 23.7 Å². The van der Waals surface area contributed by atoms with E-state index in [9.17, 15) is 4.79 Å². The van der Waals surface area contributed by atoms with Gasteiger partial charge in [0.2, 0.25) is 0 Å². The highest BCUT2D eigenvalue weighted by atomic mass is 35.5. The minimum Gasteiger partial charge on any atom is -0.333 e. The van der Waals surface area contributed by atoms with Crippen LogP contribution in [0.1, 0.15) is 33.6 Å². The van der Waals surface area contributed by atoms with Gasteiger partial charge in [-0.2, -0.15) is 5.26 Å². The summed E-state index contributed by atoms with van der Waals surface area (Å²) >= 11 is 6.13. The van der Waals surface area contributed by atoms with Crippen LogP contribution in [0.4, 0.5) is 0 Å². The van der Waals surface area contributed by atoms with E-state index in [1.807, 2.05) is 56.3 Å². The maximum absolute atomic E-state index is 13.8. The molecule has 0 unspecified atom stereocenters. The highest BCUT2D eigenvalue weighted by molar-refractivity contribution is 6.30. The molecule has 4 aromatic rings. The molecule has 5 nitrogen and oxygen atoms in total. The molecule has 0 fully saturated rings. The molecule has 1 amide bonds. The largest absolute Gasteiger partial charge is 0.333 e. The van der Waals surface area contributed by atoms with Crippen LogP contribution in [-0.2, 0) is 6.54 Å². The summed E-state index contributed by atoms with van der Waals surface area (Å²) < 4.78 is 2.10. The second-order valence-electron chi connectivity index (χ2n) is 8.20. The normalized spacial score (nSPS) is 10.6. The highest BCUT2D eigenvalue weighted by Crippen LogP contribution is 2.31. The van der Waals surface area contributed by atoms with Crippen molar-refractivity contribution >= 4 is 17.5 Å². The number of hydrogen-bond donors (Lipinski definition) is 0. The van der Waals surface area contributed by atoms with E-state index in [-0.39, 0.29) is 12.3 Å². The van der Waals surface area contributed by atoms with Crippen molar-refractivity contribution in [2.24, 2.45) is 0 Å². The van der Waals surface area contributed by atoms with Gasteiger partial charge in [0.25, 0.3) is 5.91 Å². The lowest BCUT2D eigenvalue weighted by Crippen LogP contribution is -2.31. The lowest BCUT2D eigenvalue weighted by Gasteiger charge is -2.22. The van der Waals surface area contributed by atoms with Gasteiger partial charge >= 0.3 is 0 Å². The molecule has 34 heavy (non-hydrogen) atoms. The van der Waals surface area contributed by atoms with Crippen molar-refractivity contribution in [2.45, 2.75) is 26.8 Å². The molecule has 0 saturated carbocycles. The number of amides is 1. The Labute approximate surface area is 204 Å². The van der Waals surface area contributed by atoms with Crippen LogP contribution in [0.2, 0.25) is 5.02 Å². The molecule has 2 aromatic carbocycles. The van der Waals surface area contributed by atoms with Crippen molar-refractivity contribution in [1.29, 1.82) is 5.26 Å². The summed E-state index contributed by atoms with van der Waals surface area (Å²) in [5, 5.41) is 9.82. The number of benzene rings is 2. The Hall–Kier alpha value is -3.88. The van der Waals surface area contributed by atoms with Gasteiger partial charge in [-0.1, -0.05) is 47.5 Å². The van der Waals surface area contributed by atoms with Gasteiger partial charge in [-0.05, 0) is 61.4 Å². The molecule has 6 heteroatoms. The SMILES string of the molecule is Cc1ccc(-n2c(-c3ccc(Cl)cc3)cc(C(=O)N(CCC#N)Cc3cccnc3)c2C)cc1. The van der Waals surface area contributed by atoms with E-state index in [1.54, 1.807) is 17.3 Å². The number of aryl methyl sites for hydroxylation is 1. The van der Waals surface area contributed by atoms with Crippen LogP contribution < -0.4 is 0 Å². The van der Waals surface area contributed by atoms with Crippen molar-refractivity contribution in [3.63, 3.8) is 0 Å². The minimum absolute atomic E-state index is 0.113. The summed E-state index contributed by atoms with van der Waals surface area (Å²) in [7, 11) is 0. The molecule has 0 aliphatic heterocycles. The molecule has 0 radical (unpaired) electrons. The molecule has 0 N–H and O–H groups in total. The topological polar surface area (TPSA) is 61.9 Å². The molecule has 2 heterocycles. The summed E-state index contributed by atoms with van der Waals surface area (Å²) in [5.74, 6) is -0.113. The van der Waals surface area contributed by atoms with Gasteiger partial charge < -0.3 is 9.47 Å². The number of pyridine rings is 1. The number of halogens is 1. The van der Waals surface area contributed by atoms with Gasteiger partial charge in [-0.3, -0.25) is 9.78 Å². The summed E-state index contributed by atoms with van der Waals surface area (Å²) in [5.41, 5.74) is 6.37. The van der Waals surface area contributed by atoms with E-state index < -0.39 is 0 Å². The van der Waals surface area contributed by atoms with E-state index in [2.05, 4.69) is 39.9 Å². The lowest BCUT2D eigenvalue weighted by atomic mass is 10.1. The predicted molar refractivity (Wildman–Crippen MR) is 135 cm³/mol. The fourth-order valence-electron chi connectivity index (χ4n) is 4.00. The van der Waals surface area contributed by atoms with Crippen LogP contribution >= 0.6 is 11.6 Å². The Morgan fingerprint density at radius 3 is 2.47 bits per heavy atom. The first-order valence-electron chi connectivity index (χ1n) is 11.1. The van der Waals surface area contributed by atoms with E-state index in [1.165, 1.54) is 0 Å². The molecule has 170 valence electrons. The Morgan fingerprint density at radius 1 is 1.09 bits per heavy atom. The first-order chi connectivity index (χ1) is 16.5. The Kier molecular flexibility index (Phi) is 7.10. The molecule has 0 bridgehead atoms. The van der Waals surface area contributed by atoms with Crippen LogP contribution in [0.3, 0.4) is 0 Å². The molecular formula is C28H25ClN4O. The van der Waals surface area contributed by atoms with Gasteiger partial charge in [0.15, 0.2) is 0 Å². The highest BCUT2D eigenvalue weighted by Gasteiger charge is 2.24. The van der Waals surface area contributed by atoms with Gasteiger partial charge in [-0.15, -0.1) is 0 Å². The maximum atomic E-state index is 13.8. The smallest absolute Gasteiger partial charge is 0.256 e. The van der Waals surface area contributed by atoms with Crippen LogP contribution in [0.25, 0.3) is 16.9 Å². The Bertz CT molecular complexity index is 1320. The number of nitrogens with zero attached hydrogens (tertiary/aromatic N) is 4. The second kappa shape index (κ2) is 10.4. The number of aromatic nitrogens is 2. The number of carbonyl (C=O) groups is 1. The molecule has 0 saturated heterocycles. The van der Waals surface area contributed by atoms with E-state index in [0.717, 1.165) is 33.8 Å². The minimum atomic E-state index is -0.113. The van der Waals surface area contributed by atoms with Gasteiger partial charge in [0, 0.05) is 41.9 Å². The zero-order chi connectivity index (χ0) is 24.1. The summed E-state index contributed by atoms with van der Waals surface area (Å²) in [6.07, 6.45) is 3.71. The molecular weight excluding hydrogens is 444 g/mol. The summed E-state index contributed by atoms with van der Waals surface area (Å²) in [6.45, 7) is 4.74. The van der Waals surface area contributed by atoms with Crippen molar-refractivity contribution in [3.8, 4) is 23.0 Å². The van der Waals surface area contributed by atoms with Crippen LogP contribution in [0, 0.1) is 25.2 Å². The lowest BCUT2D eigenvalue weighted by molar-refractivity contribution is 0.0746. The third kappa shape index (κ3) is 5.03. The van der Waals surface area contributed by atoms with Crippen LogP contribution in [0.5, 0.6) is 0 Å². The maximum Gasteiger partial charge on any atom is 0.256 e. The zero-order valence-corrected chi connectivity index (χ0v) is 20.0. The van der Waals surface area contributed by atoms with Crippen LogP contribution in [-0.4, -0.2) is 26.9 Å². The van der Waals surface area contributed by atoms with Crippen molar-refractivity contribution in [1.82, 2.24) is 14.5 Å². The molecule has 4 rings (SSSR count). The van der Waals surface area contributed by atoms with Gasteiger partial charge in [-0.25, -0.2) is 0 Å². The molecule has 0 atom stereocenters. The number of rotatable bonds is 7. The monoisotopic (exact) mass is 468 g/mol. The Morgan fingerprint density at radius 2 is 1.82 bits per heavy atom. The average molecular weight is 469 g/mol. The fraction of sp³-hybridized carbons (Fsp3) is 0.179. The first-order valence-corrected chi connectivity index (χ1v) is 11.5. The third-order valence-corrected chi connectivity index (χ3v) is 6.04. The van der Waals surface area contributed by atoms with Crippen molar-refractivity contribution in [2.75, 3.05) is 6.54 Å². The fourth-order valence-corrected chi connectivity index (χ4v) is 4.13. The predicted octanol–water partition coefficient (Wildman–Crippen LogP) is 6.37. The summed E-state index contributed by atoms with van der Waals surface area (Å²) in [4.78, 5) is 19.7. The molecule has 2 aromatic heterocycles. The number of hydrogen-bond acceptors (Lipinski definition) is 3. The third-order valence-electron chi connectivity index (χ3n) is 5.79. The van der Waals surface area contributed by atoms with Crippen molar-refractivity contribution < 1.29 is 4.79 Å². The van der Waals surface area contributed by atoms with E-state index in [4.69, 9.17) is 16.9 Å². The molecule has 0 aliphatic carbocycles. The quantitative estimate of drug-likeness (QED) is 0.317. The Balaban J connectivity index is 1.80. The first kappa shape index (κ1) is 23.3.